The van der Waals surface area contributed by atoms with E-state index in [1.54, 1.807) is 10.9 Å². The molecular weight excluding hydrogens is 307 g/mol. The molecule has 0 aliphatic rings. The van der Waals surface area contributed by atoms with Crippen molar-refractivity contribution in [2.24, 2.45) is 0 Å². The van der Waals surface area contributed by atoms with E-state index >= 15 is 0 Å². The topological polar surface area (TPSA) is 37.8 Å². The number of thiazole rings is 1. The summed E-state index contributed by atoms with van der Waals surface area (Å²) in [5.74, 6) is 0.565. The first-order chi connectivity index (χ1) is 8.47. The van der Waals surface area contributed by atoms with Crippen molar-refractivity contribution in [2.45, 2.75) is 11.2 Å². The molecule has 3 nitrogen and oxygen atoms in total. The summed E-state index contributed by atoms with van der Waals surface area (Å²) < 4.78 is 40.6. The molecule has 0 aromatic carbocycles. The first-order valence-corrected chi connectivity index (χ1v) is 6.64. The summed E-state index contributed by atoms with van der Waals surface area (Å²) in [6.45, 7) is 0. The van der Waals surface area contributed by atoms with Gasteiger partial charge in [0.15, 0.2) is 0 Å². The maximum absolute atomic E-state index is 12.6. The number of halogens is 4. The maximum atomic E-state index is 12.6. The van der Waals surface area contributed by atoms with Crippen LogP contribution in [0.3, 0.4) is 0 Å². The van der Waals surface area contributed by atoms with Gasteiger partial charge in [0, 0.05) is 23.5 Å². The molecule has 9 heteroatoms. The zero-order valence-electron chi connectivity index (χ0n) is 8.53. The normalized spacial score (nSPS) is 11.6. The second-order valence-corrected chi connectivity index (χ2v) is 5.03. The predicted octanol–water partition coefficient (Wildman–Crippen LogP) is 4.33. The monoisotopic (exact) mass is 311 g/mol. The molecule has 96 valence electrons. The number of rotatable bonds is 3. The van der Waals surface area contributed by atoms with Crippen molar-refractivity contribution in [3.05, 3.63) is 33.7 Å². The van der Waals surface area contributed by atoms with Gasteiger partial charge in [0.2, 0.25) is 0 Å². The van der Waals surface area contributed by atoms with Gasteiger partial charge >= 0.3 is 6.18 Å². The number of alkyl halides is 3. The first-order valence-electron chi connectivity index (χ1n) is 4.50. The fourth-order valence-electron chi connectivity index (χ4n) is 1.06. The van der Waals surface area contributed by atoms with Gasteiger partial charge in [-0.3, -0.25) is 0 Å². The molecule has 0 spiro atoms. The van der Waals surface area contributed by atoms with Gasteiger partial charge in [-0.2, -0.15) is 13.2 Å². The van der Waals surface area contributed by atoms with Gasteiger partial charge in [-0.05, 0) is 6.07 Å². The van der Waals surface area contributed by atoms with Crippen molar-refractivity contribution in [3.8, 4) is 0 Å². The van der Waals surface area contributed by atoms with Crippen LogP contribution in [-0.4, -0.2) is 9.97 Å². The van der Waals surface area contributed by atoms with E-state index in [1.807, 2.05) is 0 Å². The largest absolute Gasteiger partial charge is 0.417 e. The molecule has 0 saturated carbocycles. The number of hydrogen-bond acceptors (Lipinski definition) is 5. The zero-order valence-corrected chi connectivity index (χ0v) is 10.9. The average Bonchev–Trinajstić information content (AvgIpc) is 2.79. The van der Waals surface area contributed by atoms with E-state index in [0.717, 1.165) is 24.2 Å². The Balaban J connectivity index is 2.15. The van der Waals surface area contributed by atoms with Gasteiger partial charge in [0.1, 0.15) is 10.8 Å². The van der Waals surface area contributed by atoms with Crippen LogP contribution in [0.5, 0.6) is 0 Å². The summed E-state index contributed by atoms with van der Waals surface area (Å²) in [7, 11) is 0. The van der Waals surface area contributed by atoms with Crippen molar-refractivity contribution in [2.75, 3.05) is 4.72 Å². The Morgan fingerprint density at radius 1 is 1.33 bits per heavy atom. The fourth-order valence-corrected chi connectivity index (χ4v) is 2.43. The first kappa shape index (κ1) is 13.4. The molecule has 18 heavy (non-hydrogen) atoms. The molecular formula is C9H5ClF3N3S2. The van der Waals surface area contributed by atoms with Crippen LogP contribution < -0.4 is 4.72 Å². The van der Waals surface area contributed by atoms with E-state index in [-0.39, 0.29) is 5.03 Å². The number of pyridine rings is 1. The summed E-state index contributed by atoms with van der Waals surface area (Å²) in [6.07, 6.45) is -3.51. The molecule has 0 bridgehead atoms. The SMILES string of the molecule is FC(F)(F)c1cc(SNc2cscn2)ncc1Cl. The molecule has 0 unspecified atom stereocenters. The second-order valence-electron chi connectivity index (χ2n) is 3.08. The minimum atomic E-state index is -4.49. The molecule has 0 aliphatic heterocycles. The van der Waals surface area contributed by atoms with Crippen LogP contribution in [0.2, 0.25) is 5.02 Å². The van der Waals surface area contributed by atoms with Crippen LogP contribution in [0.1, 0.15) is 5.56 Å². The molecule has 0 fully saturated rings. The predicted molar refractivity (Wildman–Crippen MR) is 65.8 cm³/mol. The summed E-state index contributed by atoms with van der Waals surface area (Å²) in [5, 5.41) is 1.48. The number of aromatic nitrogens is 2. The molecule has 0 aliphatic carbocycles. The Bertz CT molecular complexity index is 530. The van der Waals surface area contributed by atoms with Crippen LogP contribution in [0, 0.1) is 0 Å². The molecule has 0 atom stereocenters. The van der Waals surface area contributed by atoms with E-state index < -0.39 is 16.8 Å². The molecule has 2 heterocycles. The van der Waals surface area contributed by atoms with Crippen LogP contribution in [-0.2, 0) is 6.18 Å². The standard InChI is InChI=1S/C9H5ClF3N3S2/c10-6-2-14-8(1-5(6)9(11,12)13)18-16-7-3-17-4-15-7/h1-4,16H. The summed E-state index contributed by atoms with van der Waals surface area (Å²) in [6, 6.07) is 0.895. The van der Waals surface area contributed by atoms with Crippen molar-refractivity contribution in [1.82, 2.24) is 9.97 Å². The van der Waals surface area contributed by atoms with E-state index in [2.05, 4.69) is 14.7 Å². The van der Waals surface area contributed by atoms with E-state index in [9.17, 15) is 13.2 Å². The Morgan fingerprint density at radius 3 is 2.72 bits per heavy atom. The lowest BCUT2D eigenvalue weighted by Gasteiger charge is -2.09. The van der Waals surface area contributed by atoms with Gasteiger partial charge < -0.3 is 4.72 Å². The van der Waals surface area contributed by atoms with Gasteiger partial charge in [-0.25, -0.2) is 9.97 Å². The molecule has 1 N–H and O–H groups in total. The van der Waals surface area contributed by atoms with Crippen molar-refractivity contribution >= 4 is 40.7 Å². The third-order valence-electron chi connectivity index (χ3n) is 1.83. The van der Waals surface area contributed by atoms with Crippen LogP contribution in [0.25, 0.3) is 0 Å². The van der Waals surface area contributed by atoms with Crippen LogP contribution >= 0.6 is 34.9 Å². The Labute approximate surface area is 114 Å². The lowest BCUT2D eigenvalue weighted by Crippen LogP contribution is -2.06. The third kappa shape index (κ3) is 3.27. The van der Waals surface area contributed by atoms with Gasteiger partial charge in [0.05, 0.1) is 16.1 Å². The molecule has 0 saturated heterocycles. The van der Waals surface area contributed by atoms with Crippen molar-refractivity contribution in [3.63, 3.8) is 0 Å². The molecule has 2 rings (SSSR count). The summed E-state index contributed by atoms with van der Waals surface area (Å²) in [5.41, 5.74) is 0.709. The second kappa shape index (κ2) is 5.33. The lowest BCUT2D eigenvalue weighted by atomic mass is 10.2. The highest BCUT2D eigenvalue weighted by atomic mass is 35.5. The van der Waals surface area contributed by atoms with Crippen LogP contribution in [0.15, 0.2) is 28.2 Å². The molecule has 2 aromatic heterocycles. The van der Waals surface area contributed by atoms with Gasteiger partial charge in [-0.15, -0.1) is 11.3 Å². The van der Waals surface area contributed by atoms with Gasteiger partial charge in [-0.1, -0.05) is 11.6 Å². The summed E-state index contributed by atoms with van der Waals surface area (Å²) >= 11 is 7.78. The van der Waals surface area contributed by atoms with Crippen molar-refractivity contribution < 1.29 is 13.2 Å². The lowest BCUT2D eigenvalue weighted by molar-refractivity contribution is -0.137. The molecule has 2 aromatic rings. The highest BCUT2D eigenvalue weighted by molar-refractivity contribution is 8.00. The van der Waals surface area contributed by atoms with E-state index in [0.29, 0.717) is 5.82 Å². The third-order valence-corrected chi connectivity index (χ3v) is 3.46. The summed E-state index contributed by atoms with van der Waals surface area (Å²) in [4.78, 5) is 7.73. The Morgan fingerprint density at radius 2 is 2.11 bits per heavy atom. The Hall–Kier alpha value is -0.990. The minimum Gasteiger partial charge on any atom is -0.308 e. The number of anilines is 1. The molecule has 0 amide bonds. The average molecular weight is 312 g/mol. The van der Waals surface area contributed by atoms with Crippen molar-refractivity contribution in [1.29, 1.82) is 0 Å². The number of nitrogens with zero attached hydrogens (tertiary/aromatic N) is 2. The highest BCUT2D eigenvalue weighted by Crippen LogP contribution is 2.36. The maximum Gasteiger partial charge on any atom is 0.417 e. The fraction of sp³-hybridized carbons (Fsp3) is 0.111. The number of hydrogen-bond donors (Lipinski definition) is 1. The van der Waals surface area contributed by atoms with E-state index in [4.69, 9.17) is 11.6 Å². The molecule has 0 radical (unpaired) electrons. The highest BCUT2D eigenvalue weighted by Gasteiger charge is 2.33. The number of nitrogens with one attached hydrogen (secondary N) is 1. The van der Waals surface area contributed by atoms with Crippen LogP contribution in [0.4, 0.5) is 19.0 Å². The minimum absolute atomic E-state index is 0.166. The van der Waals surface area contributed by atoms with E-state index in [1.165, 1.54) is 11.3 Å². The smallest absolute Gasteiger partial charge is 0.308 e. The van der Waals surface area contributed by atoms with Gasteiger partial charge in [0.25, 0.3) is 0 Å². The zero-order chi connectivity index (χ0) is 13.2. The Kier molecular flexibility index (Phi) is 3.98. The quantitative estimate of drug-likeness (QED) is 0.856.